The maximum Gasteiger partial charge on any atom is 0.255 e. The van der Waals surface area contributed by atoms with E-state index in [0.29, 0.717) is 22.7 Å². The Morgan fingerprint density at radius 2 is 1.83 bits per heavy atom. The van der Waals surface area contributed by atoms with Crippen molar-refractivity contribution >= 4 is 33.0 Å². The third kappa shape index (κ3) is 3.97. The van der Waals surface area contributed by atoms with Gasteiger partial charge in [-0.25, -0.2) is 8.42 Å². The maximum atomic E-state index is 12.6. The molecule has 0 aromatic heterocycles. The summed E-state index contributed by atoms with van der Waals surface area (Å²) in [5.41, 5.74) is 2.87. The predicted molar refractivity (Wildman–Crippen MR) is 97.7 cm³/mol. The van der Waals surface area contributed by atoms with Gasteiger partial charge in [-0.05, 0) is 48.2 Å². The number of sulfone groups is 1. The summed E-state index contributed by atoms with van der Waals surface area (Å²) in [6.07, 6.45) is 2.56. The van der Waals surface area contributed by atoms with Gasteiger partial charge < -0.3 is 5.32 Å². The molecule has 0 aliphatic carbocycles. The largest absolute Gasteiger partial charge is 0.321 e. The zero-order chi connectivity index (χ0) is 17.9. The second-order valence-electron chi connectivity index (χ2n) is 5.52. The van der Waals surface area contributed by atoms with Gasteiger partial charge in [0.1, 0.15) is 0 Å². The number of aryl methyl sites for hydroxylation is 1. The Morgan fingerprint density at radius 3 is 2.42 bits per heavy atom. The van der Waals surface area contributed by atoms with E-state index >= 15 is 0 Å². The Bertz CT molecular complexity index is 876. The van der Waals surface area contributed by atoms with Gasteiger partial charge in [-0.15, -0.1) is 0 Å². The summed E-state index contributed by atoms with van der Waals surface area (Å²) >= 11 is 6.24. The van der Waals surface area contributed by atoms with Crippen molar-refractivity contribution in [2.45, 2.75) is 31.6 Å². The van der Waals surface area contributed by atoms with Gasteiger partial charge in [-0.3, -0.25) is 4.79 Å². The van der Waals surface area contributed by atoms with Gasteiger partial charge in [0.2, 0.25) is 0 Å². The van der Waals surface area contributed by atoms with Gasteiger partial charge in [-0.2, -0.15) is 0 Å². The van der Waals surface area contributed by atoms with E-state index in [9.17, 15) is 13.2 Å². The van der Waals surface area contributed by atoms with Crippen LogP contribution >= 0.6 is 11.6 Å². The van der Waals surface area contributed by atoms with Crippen LogP contribution < -0.4 is 5.32 Å². The smallest absolute Gasteiger partial charge is 0.255 e. The van der Waals surface area contributed by atoms with E-state index < -0.39 is 9.84 Å². The van der Waals surface area contributed by atoms with E-state index in [1.54, 1.807) is 12.1 Å². The Hall–Kier alpha value is -1.85. The number of benzene rings is 2. The second kappa shape index (κ2) is 7.36. The molecule has 2 rings (SSSR count). The van der Waals surface area contributed by atoms with Gasteiger partial charge in [0, 0.05) is 22.5 Å². The first-order chi connectivity index (χ1) is 11.3. The Kier molecular flexibility index (Phi) is 5.67. The lowest BCUT2D eigenvalue weighted by Gasteiger charge is -2.16. The SMILES string of the molecule is CCc1ccc(Cl)c(CC)c1NC(=O)c1cccc(S(C)(=O)=O)c1. The summed E-state index contributed by atoms with van der Waals surface area (Å²) in [6, 6.07) is 9.73. The molecule has 0 atom stereocenters. The minimum atomic E-state index is -3.37. The minimum Gasteiger partial charge on any atom is -0.321 e. The monoisotopic (exact) mass is 365 g/mol. The van der Waals surface area contributed by atoms with Gasteiger partial charge in [0.15, 0.2) is 9.84 Å². The molecule has 1 amide bonds. The molecule has 0 aliphatic rings. The van der Waals surface area contributed by atoms with Crippen molar-refractivity contribution in [3.05, 3.63) is 58.1 Å². The molecule has 128 valence electrons. The molecular formula is C18H20ClNO3S. The van der Waals surface area contributed by atoms with E-state index in [1.807, 2.05) is 26.0 Å². The molecule has 0 aliphatic heterocycles. The molecule has 0 saturated heterocycles. The maximum absolute atomic E-state index is 12.6. The predicted octanol–water partition coefficient (Wildman–Crippen LogP) is 4.12. The summed E-state index contributed by atoms with van der Waals surface area (Å²) in [5.74, 6) is -0.354. The summed E-state index contributed by atoms with van der Waals surface area (Å²) < 4.78 is 23.3. The highest BCUT2D eigenvalue weighted by molar-refractivity contribution is 7.90. The molecule has 0 bridgehead atoms. The highest BCUT2D eigenvalue weighted by atomic mass is 35.5. The Balaban J connectivity index is 2.42. The highest BCUT2D eigenvalue weighted by Crippen LogP contribution is 2.30. The third-order valence-electron chi connectivity index (χ3n) is 3.84. The molecule has 1 N–H and O–H groups in total. The fraction of sp³-hybridized carbons (Fsp3) is 0.278. The van der Waals surface area contributed by atoms with Crippen LogP contribution in [0.2, 0.25) is 5.02 Å². The highest BCUT2D eigenvalue weighted by Gasteiger charge is 2.16. The molecule has 2 aromatic carbocycles. The zero-order valence-corrected chi connectivity index (χ0v) is 15.5. The molecule has 24 heavy (non-hydrogen) atoms. The molecule has 0 fully saturated rings. The van der Waals surface area contributed by atoms with Crippen LogP contribution in [0.1, 0.15) is 35.3 Å². The van der Waals surface area contributed by atoms with Crippen LogP contribution in [0.3, 0.4) is 0 Å². The van der Waals surface area contributed by atoms with Crippen molar-refractivity contribution in [3.8, 4) is 0 Å². The number of halogens is 1. The number of carbonyl (C=O) groups excluding carboxylic acids is 1. The molecule has 0 radical (unpaired) electrons. The fourth-order valence-corrected chi connectivity index (χ4v) is 3.48. The lowest BCUT2D eigenvalue weighted by molar-refractivity contribution is 0.102. The molecule has 0 heterocycles. The first kappa shape index (κ1) is 18.5. The van der Waals surface area contributed by atoms with Gasteiger partial charge in [0.25, 0.3) is 5.91 Å². The lowest BCUT2D eigenvalue weighted by atomic mass is 10.0. The van der Waals surface area contributed by atoms with E-state index in [1.165, 1.54) is 12.1 Å². The van der Waals surface area contributed by atoms with Crippen LogP contribution in [0, 0.1) is 0 Å². The topological polar surface area (TPSA) is 63.2 Å². The number of rotatable bonds is 5. The number of nitrogens with one attached hydrogen (secondary N) is 1. The fourth-order valence-electron chi connectivity index (χ4n) is 2.52. The van der Waals surface area contributed by atoms with E-state index in [-0.39, 0.29) is 10.8 Å². The normalized spacial score (nSPS) is 11.3. The van der Waals surface area contributed by atoms with Crippen molar-refractivity contribution in [2.75, 3.05) is 11.6 Å². The van der Waals surface area contributed by atoms with Gasteiger partial charge in [-0.1, -0.05) is 37.6 Å². The van der Waals surface area contributed by atoms with E-state index in [4.69, 9.17) is 11.6 Å². The molecular weight excluding hydrogens is 346 g/mol. The zero-order valence-electron chi connectivity index (χ0n) is 13.9. The number of hydrogen-bond donors (Lipinski definition) is 1. The minimum absolute atomic E-state index is 0.118. The van der Waals surface area contributed by atoms with Gasteiger partial charge in [0.05, 0.1) is 4.90 Å². The molecule has 0 unspecified atom stereocenters. The lowest BCUT2D eigenvalue weighted by Crippen LogP contribution is -2.15. The van der Waals surface area contributed by atoms with Crippen molar-refractivity contribution in [1.29, 1.82) is 0 Å². The third-order valence-corrected chi connectivity index (χ3v) is 5.30. The summed E-state index contributed by atoms with van der Waals surface area (Å²) in [6.45, 7) is 3.98. The Labute approximate surface area is 147 Å². The van der Waals surface area contributed by atoms with Crippen molar-refractivity contribution in [3.63, 3.8) is 0 Å². The van der Waals surface area contributed by atoms with Crippen molar-refractivity contribution in [1.82, 2.24) is 0 Å². The van der Waals surface area contributed by atoms with Crippen molar-refractivity contribution in [2.24, 2.45) is 0 Å². The summed E-state index contributed by atoms with van der Waals surface area (Å²) in [5, 5.41) is 3.50. The molecule has 6 heteroatoms. The molecule has 4 nitrogen and oxygen atoms in total. The van der Waals surface area contributed by atoms with Crippen LogP contribution in [0.15, 0.2) is 41.3 Å². The molecule has 0 spiro atoms. The van der Waals surface area contributed by atoms with Crippen LogP contribution in [-0.4, -0.2) is 20.6 Å². The number of hydrogen-bond acceptors (Lipinski definition) is 3. The average Bonchev–Trinajstić information content (AvgIpc) is 2.54. The molecule has 0 saturated carbocycles. The number of amides is 1. The quantitative estimate of drug-likeness (QED) is 0.866. The first-order valence-corrected chi connectivity index (χ1v) is 9.96. The second-order valence-corrected chi connectivity index (χ2v) is 7.94. The van der Waals surface area contributed by atoms with Crippen LogP contribution in [0.4, 0.5) is 5.69 Å². The number of carbonyl (C=O) groups is 1. The summed E-state index contributed by atoms with van der Waals surface area (Å²) in [7, 11) is -3.37. The standard InChI is InChI=1S/C18H20ClNO3S/c1-4-12-9-10-16(19)15(5-2)17(12)20-18(21)13-7-6-8-14(11-13)24(3,22)23/h6-11H,4-5H2,1-3H3,(H,20,21). The van der Waals surface area contributed by atoms with Crippen LogP contribution in [-0.2, 0) is 22.7 Å². The van der Waals surface area contributed by atoms with E-state index in [0.717, 1.165) is 23.8 Å². The number of anilines is 1. The van der Waals surface area contributed by atoms with Crippen LogP contribution in [0.5, 0.6) is 0 Å². The van der Waals surface area contributed by atoms with E-state index in [2.05, 4.69) is 5.32 Å². The first-order valence-electron chi connectivity index (χ1n) is 7.69. The summed E-state index contributed by atoms with van der Waals surface area (Å²) in [4.78, 5) is 12.7. The Morgan fingerprint density at radius 1 is 1.12 bits per heavy atom. The van der Waals surface area contributed by atoms with Crippen LogP contribution in [0.25, 0.3) is 0 Å². The molecule has 2 aromatic rings. The average molecular weight is 366 g/mol. The van der Waals surface area contributed by atoms with Gasteiger partial charge >= 0.3 is 0 Å². The van der Waals surface area contributed by atoms with Crippen molar-refractivity contribution < 1.29 is 13.2 Å².